The Balaban J connectivity index is 1.58. The van der Waals surface area contributed by atoms with Gasteiger partial charge in [0, 0.05) is 24.0 Å². The molecule has 1 heterocycles. The van der Waals surface area contributed by atoms with E-state index in [1.165, 1.54) is 12.3 Å². The summed E-state index contributed by atoms with van der Waals surface area (Å²) in [5.74, 6) is 0.0808. The van der Waals surface area contributed by atoms with Crippen LogP contribution in [0.15, 0.2) is 72.9 Å². The van der Waals surface area contributed by atoms with E-state index in [9.17, 15) is 9.59 Å². The fourth-order valence-electron chi connectivity index (χ4n) is 2.63. The van der Waals surface area contributed by atoms with Gasteiger partial charge in [0.1, 0.15) is 11.4 Å². The highest BCUT2D eigenvalue weighted by molar-refractivity contribution is 6.05. The molecule has 0 saturated carbocycles. The Labute approximate surface area is 163 Å². The van der Waals surface area contributed by atoms with E-state index in [2.05, 4.69) is 15.6 Å². The number of benzene rings is 2. The van der Waals surface area contributed by atoms with Crippen LogP contribution < -0.4 is 15.4 Å². The van der Waals surface area contributed by atoms with Crippen LogP contribution in [-0.2, 0) is 6.42 Å². The van der Waals surface area contributed by atoms with Crippen molar-refractivity contribution in [1.29, 1.82) is 0 Å². The molecular formula is C22H21N3O3. The Bertz CT molecular complexity index is 941. The molecule has 0 aliphatic rings. The minimum atomic E-state index is -0.314. The second kappa shape index (κ2) is 9.32. The number of nitrogens with zero attached hydrogens (tertiary/aromatic N) is 1. The third-order valence-corrected chi connectivity index (χ3v) is 4.14. The molecule has 0 saturated heterocycles. The number of anilines is 1. The summed E-state index contributed by atoms with van der Waals surface area (Å²) >= 11 is 0. The summed E-state index contributed by atoms with van der Waals surface area (Å²) in [7, 11) is 1.58. The molecule has 0 aliphatic heterocycles. The molecule has 0 aliphatic carbocycles. The minimum Gasteiger partial charge on any atom is -0.497 e. The van der Waals surface area contributed by atoms with Crippen LogP contribution in [0, 0.1) is 0 Å². The predicted octanol–water partition coefficient (Wildman–Crippen LogP) is 3.32. The quantitative estimate of drug-likeness (QED) is 0.664. The summed E-state index contributed by atoms with van der Waals surface area (Å²) in [4.78, 5) is 28.8. The minimum absolute atomic E-state index is 0.204. The van der Waals surface area contributed by atoms with Gasteiger partial charge in [0.05, 0.1) is 7.11 Å². The zero-order valence-corrected chi connectivity index (χ0v) is 15.5. The Morgan fingerprint density at radius 1 is 0.964 bits per heavy atom. The van der Waals surface area contributed by atoms with E-state index in [4.69, 9.17) is 4.74 Å². The first-order valence-electron chi connectivity index (χ1n) is 8.89. The highest BCUT2D eigenvalue weighted by Gasteiger charge is 2.12. The molecule has 2 aromatic carbocycles. The summed E-state index contributed by atoms with van der Waals surface area (Å²) in [6.07, 6.45) is 2.18. The van der Waals surface area contributed by atoms with E-state index in [0.29, 0.717) is 23.5 Å². The largest absolute Gasteiger partial charge is 0.497 e. The van der Waals surface area contributed by atoms with Crippen LogP contribution in [0.2, 0.25) is 0 Å². The van der Waals surface area contributed by atoms with Gasteiger partial charge in [-0.2, -0.15) is 0 Å². The van der Waals surface area contributed by atoms with E-state index in [0.717, 1.165) is 12.0 Å². The number of hydrogen-bond acceptors (Lipinski definition) is 4. The molecule has 0 unspecified atom stereocenters. The SMILES string of the molecule is COc1ccc(NC(=O)c2ccnc(C(=O)NCCc3ccccc3)c2)cc1. The lowest BCUT2D eigenvalue weighted by molar-refractivity contribution is 0.0949. The third-order valence-electron chi connectivity index (χ3n) is 4.14. The number of carbonyl (C=O) groups excluding carboxylic acids is 2. The highest BCUT2D eigenvalue weighted by atomic mass is 16.5. The number of hydrogen-bond donors (Lipinski definition) is 2. The lowest BCUT2D eigenvalue weighted by Gasteiger charge is -2.08. The van der Waals surface area contributed by atoms with E-state index >= 15 is 0 Å². The van der Waals surface area contributed by atoms with Crippen LogP contribution in [0.3, 0.4) is 0 Å². The molecule has 2 N–H and O–H groups in total. The summed E-state index contributed by atoms with van der Waals surface area (Å²) in [6.45, 7) is 0.493. The Kier molecular flexibility index (Phi) is 6.36. The number of carbonyl (C=O) groups is 2. The van der Waals surface area contributed by atoms with Crippen LogP contribution in [0.4, 0.5) is 5.69 Å². The molecule has 0 bridgehead atoms. The first-order valence-corrected chi connectivity index (χ1v) is 8.89. The van der Waals surface area contributed by atoms with Gasteiger partial charge in [-0.1, -0.05) is 30.3 Å². The van der Waals surface area contributed by atoms with E-state index in [1.54, 1.807) is 37.4 Å². The molecule has 1 aromatic heterocycles. The second-order valence-electron chi connectivity index (χ2n) is 6.10. The smallest absolute Gasteiger partial charge is 0.269 e. The van der Waals surface area contributed by atoms with Gasteiger partial charge in [0.25, 0.3) is 11.8 Å². The first kappa shape index (κ1) is 19.1. The summed E-state index contributed by atoms with van der Waals surface area (Å²) in [6, 6.07) is 20.0. The highest BCUT2D eigenvalue weighted by Crippen LogP contribution is 2.16. The normalized spacial score (nSPS) is 10.2. The lowest BCUT2D eigenvalue weighted by atomic mass is 10.1. The number of nitrogens with one attached hydrogen (secondary N) is 2. The molecule has 142 valence electrons. The maximum absolute atomic E-state index is 12.4. The van der Waals surface area contributed by atoms with Gasteiger partial charge in [-0.3, -0.25) is 14.6 Å². The van der Waals surface area contributed by atoms with Crippen LogP contribution >= 0.6 is 0 Å². The number of ether oxygens (including phenoxy) is 1. The van der Waals surface area contributed by atoms with Gasteiger partial charge < -0.3 is 15.4 Å². The number of amides is 2. The molecule has 28 heavy (non-hydrogen) atoms. The van der Waals surface area contributed by atoms with Crippen molar-refractivity contribution >= 4 is 17.5 Å². The molecule has 3 aromatic rings. The van der Waals surface area contributed by atoms with Gasteiger partial charge >= 0.3 is 0 Å². The van der Waals surface area contributed by atoms with Crippen molar-refractivity contribution in [3.8, 4) is 5.75 Å². The Morgan fingerprint density at radius 3 is 2.43 bits per heavy atom. The first-order chi connectivity index (χ1) is 13.7. The monoisotopic (exact) mass is 375 g/mol. The average molecular weight is 375 g/mol. The van der Waals surface area contributed by atoms with Crippen LogP contribution in [0.25, 0.3) is 0 Å². The molecule has 6 heteroatoms. The van der Waals surface area contributed by atoms with Crippen molar-refractivity contribution in [1.82, 2.24) is 10.3 Å². The third kappa shape index (κ3) is 5.17. The van der Waals surface area contributed by atoms with Gasteiger partial charge in [-0.25, -0.2) is 0 Å². The summed E-state index contributed by atoms with van der Waals surface area (Å²) in [5.41, 5.74) is 2.34. The fourth-order valence-corrected chi connectivity index (χ4v) is 2.63. The summed E-state index contributed by atoms with van der Waals surface area (Å²) < 4.78 is 5.10. The summed E-state index contributed by atoms with van der Waals surface area (Å²) in [5, 5.41) is 5.62. The zero-order valence-electron chi connectivity index (χ0n) is 15.5. The second-order valence-corrected chi connectivity index (χ2v) is 6.10. The number of rotatable bonds is 7. The van der Waals surface area contributed by atoms with Crippen molar-refractivity contribution in [3.63, 3.8) is 0 Å². The molecule has 0 atom stereocenters. The predicted molar refractivity (Wildman–Crippen MR) is 108 cm³/mol. The van der Waals surface area contributed by atoms with Crippen molar-refractivity contribution in [2.24, 2.45) is 0 Å². The van der Waals surface area contributed by atoms with Crippen LogP contribution in [0.5, 0.6) is 5.75 Å². The number of pyridine rings is 1. The van der Waals surface area contributed by atoms with E-state index < -0.39 is 0 Å². The standard InChI is InChI=1S/C22H21N3O3/c1-28-19-9-7-18(8-10-19)25-21(26)17-12-14-23-20(15-17)22(27)24-13-11-16-5-3-2-4-6-16/h2-10,12,14-15H,11,13H2,1H3,(H,24,27)(H,25,26). The van der Waals surface area contributed by atoms with Crippen molar-refractivity contribution in [2.75, 3.05) is 19.0 Å². The van der Waals surface area contributed by atoms with Gasteiger partial charge in [0.15, 0.2) is 0 Å². The van der Waals surface area contributed by atoms with Crippen molar-refractivity contribution in [3.05, 3.63) is 89.7 Å². The molecular weight excluding hydrogens is 354 g/mol. The molecule has 2 amide bonds. The van der Waals surface area contributed by atoms with Gasteiger partial charge in [-0.15, -0.1) is 0 Å². The Hall–Kier alpha value is -3.67. The van der Waals surface area contributed by atoms with E-state index in [1.807, 2.05) is 30.3 Å². The lowest BCUT2D eigenvalue weighted by Crippen LogP contribution is -2.27. The molecule has 3 rings (SSSR count). The molecule has 6 nitrogen and oxygen atoms in total. The molecule has 0 fully saturated rings. The van der Waals surface area contributed by atoms with Crippen LogP contribution in [0.1, 0.15) is 26.4 Å². The zero-order chi connectivity index (χ0) is 19.8. The van der Waals surface area contributed by atoms with Crippen molar-refractivity contribution in [2.45, 2.75) is 6.42 Å². The number of methoxy groups -OCH3 is 1. The topological polar surface area (TPSA) is 80.3 Å². The number of aromatic nitrogens is 1. The maximum Gasteiger partial charge on any atom is 0.269 e. The maximum atomic E-state index is 12.4. The van der Waals surface area contributed by atoms with E-state index in [-0.39, 0.29) is 17.5 Å². The van der Waals surface area contributed by atoms with Crippen molar-refractivity contribution < 1.29 is 14.3 Å². The average Bonchev–Trinajstić information content (AvgIpc) is 2.75. The molecule has 0 spiro atoms. The Morgan fingerprint density at radius 2 is 1.71 bits per heavy atom. The van der Waals surface area contributed by atoms with Crippen LogP contribution in [-0.4, -0.2) is 30.5 Å². The van der Waals surface area contributed by atoms with Gasteiger partial charge in [-0.05, 0) is 48.4 Å². The fraction of sp³-hybridized carbons (Fsp3) is 0.136. The van der Waals surface area contributed by atoms with Gasteiger partial charge in [0.2, 0.25) is 0 Å². The molecule has 0 radical (unpaired) electrons.